The lowest BCUT2D eigenvalue weighted by molar-refractivity contribution is -0.215. The second kappa shape index (κ2) is 10.5. The largest absolute Gasteiger partial charge is 0.419 e. The normalized spacial score (nSPS) is 13.1. The van der Waals surface area contributed by atoms with Crippen molar-refractivity contribution in [1.82, 2.24) is 5.32 Å². The van der Waals surface area contributed by atoms with Gasteiger partial charge in [0.25, 0.3) is 5.91 Å². The van der Waals surface area contributed by atoms with Gasteiger partial charge in [0.2, 0.25) is 0 Å². The zero-order chi connectivity index (χ0) is 24.0. The van der Waals surface area contributed by atoms with Gasteiger partial charge in [-0.25, -0.2) is 9.74 Å². The number of amides is 1. The molecule has 0 aliphatic heterocycles. The molecule has 0 saturated carbocycles. The molecule has 0 radical (unpaired) electrons. The van der Waals surface area contributed by atoms with Crippen molar-refractivity contribution < 1.29 is 27.8 Å². The summed E-state index contributed by atoms with van der Waals surface area (Å²) in [6, 6.07) is 19.1. The lowest BCUT2D eigenvalue weighted by Crippen LogP contribution is -2.59. The van der Waals surface area contributed by atoms with Crippen LogP contribution in [0.15, 0.2) is 84.9 Å². The van der Waals surface area contributed by atoms with E-state index in [1.54, 1.807) is 84.9 Å². The lowest BCUT2D eigenvalue weighted by Gasteiger charge is -2.32. The average molecular weight is 477 g/mol. The second-order valence-corrected chi connectivity index (χ2v) is 7.64. The molecule has 2 unspecified atom stereocenters. The van der Waals surface area contributed by atoms with E-state index in [0.29, 0.717) is 10.6 Å². The van der Waals surface area contributed by atoms with Crippen molar-refractivity contribution in [3.05, 3.63) is 95.5 Å². The molecule has 3 aromatic carbocycles. The summed E-state index contributed by atoms with van der Waals surface area (Å²) in [5.74, 6) is -8.17. The fourth-order valence-corrected chi connectivity index (χ4v) is 3.41. The number of rotatable bonds is 8. The summed E-state index contributed by atoms with van der Waals surface area (Å²) in [6.45, 7) is 1.52. The van der Waals surface area contributed by atoms with Gasteiger partial charge >= 0.3 is 11.9 Å². The van der Waals surface area contributed by atoms with Crippen LogP contribution in [0.3, 0.4) is 0 Å². The average Bonchev–Trinajstić information content (AvgIpc) is 2.83. The van der Waals surface area contributed by atoms with Crippen molar-refractivity contribution in [3.8, 4) is 0 Å². The summed E-state index contributed by atoms with van der Waals surface area (Å²) in [6.07, 6.45) is 0. The van der Waals surface area contributed by atoms with E-state index in [1.165, 1.54) is 6.92 Å². The number of halogens is 4. The molecule has 0 spiro atoms. The van der Waals surface area contributed by atoms with E-state index in [0.717, 1.165) is 4.90 Å². The Balaban J connectivity index is 2.06. The molecule has 0 fully saturated rings. The van der Waals surface area contributed by atoms with Gasteiger partial charge in [0, 0.05) is 27.0 Å². The van der Waals surface area contributed by atoms with Gasteiger partial charge in [-0.05, 0) is 48.9 Å². The van der Waals surface area contributed by atoms with Gasteiger partial charge in [-0.1, -0.05) is 60.1 Å². The molecule has 33 heavy (non-hydrogen) atoms. The molecule has 0 aliphatic rings. The highest BCUT2D eigenvalue weighted by Gasteiger charge is 2.55. The Hall–Kier alpha value is -3.36. The van der Waals surface area contributed by atoms with Crippen molar-refractivity contribution in [2.75, 3.05) is 4.90 Å². The monoisotopic (exact) mass is 476 g/mol. The summed E-state index contributed by atoms with van der Waals surface area (Å²) in [4.78, 5) is 29.1. The predicted molar refractivity (Wildman–Crippen MR) is 119 cm³/mol. The van der Waals surface area contributed by atoms with E-state index in [2.05, 4.69) is 10.3 Å². The number of hydrogen-bond donors (Lipinski definition) is 1. The number of para-hydroxylation sites is 2. The Morgan fingerprint density at radius 2 is 1.39 bits per heavy atom. The minimum atomic E-state index is -4.52. The number of alkyl halides is 2. The van der Waals surface area contributed by atoms with Crippen LogP contribution in [-0.4, -0.2) is 23.8 Å². The Bertz CT molecular complexity index is 1040. The number of carbonyl (C=O) groups is 2. The van der Waals surface area contributed by atoms with Crippen molar-refractivity contribution >= 4 is 34.9 Å². The minimum absolute atomic E-state index is 0.282. The van der Waals surface area contributed by atoms with Crippen LogP contribution >= 0.6 is 11.6 Å². The SMILES string of the molecule is CC(NC(C(=O)N(c1ccccc1)c1ccccc1)C(F)(F)C(=O)OF)c1ccc(Cl)cc1. The van der Waals surface area contributed by atoms with Crippen LogP contribution in [0.5, 0.6) is 0 Å². The predicted octanol–water partition coefficient (Wildman–Crippen LogP) is 5.79. The molecule has 0 saturated heterocycles. The number of benzene rings is 3. The Morgan fingerprint density at radius 1 is 0.909 bits per heavy atom. The molecule has 0 aromatic heterocycles. The fraction of sp³-hybridized carbons (Fsp3) is 0.167. The van der Waals surface area contributed by atoms with Gasteiger partial charge in [-0.15, -0.1) is 0 Å². The van der Waals surface area contributed by atoms with Gasteiger partial charge in [0.1, 0.15) is 0 Å². The Labute approximate surface area is 193 Å². The molecule has 1 N–H and O–H groups in total. The van der Waals surface area contributed by atoms with Gasteiger partial charge < -0.3 is 0 Å². The Kier molecular flexibility index (Phi) is 7.73. The molecule has 0 aliphatic carbocycles. The van der Waals surface area contributed by atoms with Crippen LogP contribution in [0.2, 0.25) is 5.02 Å². The van der Waals surface area contributed by atoms with E-state index >= 15 is 8.78 Å². The quantitative estimate of drug-likeness (QED) is 0.447. The maximum Gasteiger partial charge on any atom is 0.419 e. The van der Waals surface area contributed by atoms with E-state index in [-0.39, 0.29) is 11.4 Å². The van der Waals surface area contributed by atoms with E-state index in [1.807, 2.05) is 0 Å². The van der Waals surface area contributed by atoms with Gasteiger partial charge in [0.15, 0.2) is 6.04 Å². The van der Waals surface area contributed by atoms with E-state index in [4.69, 9.17) is 11.6 Å². The molecule has 3 aromatic rings. The van der Waals surface area contributed by atoms with Crippen molar-refractivity contribution in [1.29, 1.82) is 0 Å². The fourth-order valence-electron chi connectivity index (χ4n) is 3.28. The van der Waals surface area contributed by atoms with Crippen LogP contribution in [0.4, 0.5) is 24.7 Å². The second-order valence-electron chi connectivity index (χ2n) is 7.21. The van der Waals surface area contributed by atoms with Gasteiger partial charge in [0.05, 0.1) is 0 Å². The number of anilines is 2. The summed E-state index contributed by atoms with van der Waals surface area (Å²) in [7, 11) is 0. The summed E-state index contributed by atoms with van der Waals surface area (Å²) in [5, 5.41) is 2.91. The van der Waals surface area contributed by atoms with Crippen LogP contribution in [0.25, 0.3) is 0 Å². The minimum Gasteiger partial charge on any atom is -0.294 e. The molecule has 3 rings (SSSR count). The van der Waals surface area contributed by atoms with Crippen LogP contribution < -0.4 is 10.2 Å². The number of hydrogen-bond acceptors (Lipinski definition) is 4. The topological polar surface area (TPSA) is 58.6 Å². The molecule has 5 nitrogen and oxygen atoms in total. The lowest BCUT2D eigenvalue weighted by atomic mass is 10.0. The van der Waals surface area contributed by atoms with Gasteiger partial charge in [-0.2, -0.15) is 8.78 Å². The number of nitrogens with one attached hydrogen (secondary N) is 1. The van der Waals surface area contributed by atoms with Crippen molar-refractivity contribution in [2.45, 2.75) is 24.9 Å². The molecule has 1 amide bonds. The maximum atomic E-state index is 15.0. The molecule has 0 bridgehead atoms. The van der Waals surface area contributed by atoms with E-state index in [9.17, 15) is 14.1 Å². The first-order chi connectivity index (χ1) is 15.8. The standard InChI is InChI=1S/C24H20ClF3N2O3/c1-16(17-12-14-18(25)15-13-17)29-21(24(26,27)23(32)33-28)22(31)30(19-8-4-2-5-9-19)20-10-6-3-7-11-20/h2-16,21,29H,1H3. The van der Waals surface area contributed by atoms with Crippen molar-refractivity contribution in [3.63, 3.8) is 0 Å². The Morgan fingerprint density at radius 3 is 1.85 bits per heavy atom. The highest BCUT2D eigenvalue weighted by molar-refractivity contribution is 6.30. The molecule has 172 valence electrons. The molecular weight excluding hydrogens is 457 g/mol. The highest BCUT2D eigenvalue weighted by Crippen LogP contribution is 2.31. The molecule has 0 heterocycles. The summed E-state index contributed by atoms with van der Waals surface area (Å²) in [5.41, 5.74) is 1.08. The van der Waals surface area contributed by atoms with Crippen molar-refractivity contribution in [2.24, 2.45) is 0 Å². The maximum absolute atomic E-state index is 15.0. The zero-order valence-electron chi connectivity index (χ0n) is 17.4. The summed E-state index contributed by atoms with van der Waals surface area (Å²) < 4.78 is 42.6. The molecule has 9 heteroatoms. The van der Waals surface area contributed by atoms with E-state index < -0.39 is 29.9 Å². The molecular formula is C24H20ClF3N2O3. The summed E-state index contributed by atoms with van der Waals surface area (Å²) >= 11 is 5.88. The third-order valence-electron chi connectivity index (χ3n) is 4.99. The first kappa shape index (κ1) is 24.3. The van der Waals surface area contributed by atoms with Crippen LogP contribution in [0.1, 0.15) is 18.5 Å². The third kappa shape index (κ3) is 5.53. The zero-order valence-corrected chi connectivity index (χ0v) is 18.2. The van der Waals surface area contributed by atoms with Gasteiger partial charge in [-0.3, -0.25) is 15.0 Å². The highest BCUT2D eigenvalue weighted by atomic mass is 35.5. The number of nitrogens with zero attached hydrogens (tertiary/aromatic N) is 1. The third-order valence-corrected chi connectivity index (χ3v) is 5.24. The first-order valence-electron chi connectivity index (χ1n) is 9.92. The molecule has 2 atom stereocenters. The van der Waals surface area contributed by atoms with Crippen LogP contribution in [-0.2, 0) is 14.5 Å². The smallest absolute Gasteiger partial charge is 0.294 e. The number of carbonyl (C=O) groups excluding carboxylic acids is 2. The first-order valence-corrected chi connectivity index (χ1v) is 10.3. The van der Waals surface area contributed by atoms with Crippen LogP contribution in [0, 0.1) is 0 Å².